The van der Waals surface area contributed by atoms with Crippen molar-refractivity contribution >= 4 is 23.4 Å². The van der Waals surface area contributed by atoms with Crippen molar-refractivity contribution in [1.29, 1.82) is 0 Å². The molecule has 0 bridgehead atoms. The highest BCUT2D eigenvalue weighted by atomic mass is 32.2. The highest BCUT2D eigenvalue weighted by Crippen LogP contribution is 2.28. The van der Waals surface area contributed by atoms with E-state index in [2.05, 4.69) is 24.5 Å². The van der Waals surface area contributed by atoms with Crippen LogP contribution in [0.3, 0.4) is 0 Å². The Labute approximate surface area is 119 Å². The standard InChI is InChI=1S/C15H22N2OS/c1-3-7-16-15(18)12-5-4-6-13(9-12)17-14-8-11(2)19-10-14/h4-6,9,11,14,17H,3,7-8,10H2,1-2H3,(H,16,18). The van der Waals surface area contributed by atoms with E-state index in [0.29, 0.717) is 6.04 Å². The first-order valence-electron chi connectivity index (χ1n) is 6.95. The van der Waals surface area contributed by atoms with Gasteiger partial charge in [0, 0.05) is 34.8 Å². The zero-order valence-corrected chi connectivity index (χ0v) is 12.4. The summed E-state index contributed by atoms with van der Waals surface area (Å²) >= 11 is 2.00. The van der Waals surface area contributed by atoms with Gasteiger partial charge in [-0.3, -0.25) is 4.79 Å². The lowest BCUT2D eigenvalue weighted by Gasteiger charge is -2.14. The molecule has 1 aliphatic rings. The first kappa shape index (κ1) is 14.3. The Hall–Kier alpha value is -1.16. The summed E-state index contributed by atoms with van der Waals surface area (Å²) in [5.74, 6) is 1.16. The monoisotopic (exact) mass is 278 g/mol. The molecule has 4 heteroatoms. The summed E-state index contributed by atoms with van der Waals surface area (Å²) in [6.45, 7) is 5.05. The van der Waals surface area contributed by atoms with Crippen LogP contribution in [0.25, 0.3) is 0 Å². The van der Waals surface area contributed by atoms with Crippen LogP contribution in [0.15, 0.2) is 24.3 Å². The van der Waals surface area contributed by atoms with Crippen LogP contribution in [0.5, 0.6) is 0 Å². The largest absolute Gasteiger partial charge is 0.381 e. The number of rotatable bonds is 5. The van der Waals surface area contributed by atoms with Gasteiger partial charge in [0.2, 0.25) is 0 Å². The van der Waals surface area contributed by atoms with Crippen LogP contribution in [0.4, 0.5) is 5.69 Å². The highest BCUT2D eigenvalue weighted by molar-refractivity contribution is 8.00. The molecule has 1 amide bonds. The van der Waals surface area contributed by atoms with Gasteiger partial charge in [0.1, 0.15) is 0 Å². The van der Waals surface area contributed by atoms with E-state index >= 15 is 0 Å². The molecule has 1 aliphatic heterocycles. The number of amides is 1. The molecule has 0 spiro atoms. The lowest BCUT2D eigenvalue weighted by atomic mass is 10.1. The Balaban J connectivity index is 1.96. The Kier molecular flexibility index (Phi) is 5.14. The number of hydrogen-bond donors (Lipinski definition) is 2. The average molecular weight is 278 g/mol. The molecule has 1 aromatic carbocycles. The molecule has 1 aromatic rings. The summed E-state index contributed by atoms with van der Waals surface area (Å²) in [7, 11) is 0. The lowest BCUT2D eigenvalue weighted by molar-refractivity contribution is 0.0953. The van der Waals surface area contributed by atoms with Crippen molar-refractivity contribution in [2.24, 2.45) is 0 Å². The van der Waals surface area contributed by atoms with E-state index in [0.717, 1.165) is 35.2 Å². The second-order valence-corrected chi connectivity index (χ2v) is 6.53. The van der Waals surface area contributed by atoms with Crippen molar-refractivity contribution in [3.63, 3.8) is 0 Å². The van der Waals surface area contributed by atoms with E-state index in [-0.39, 0.29) is 5.91 Å². The third-order valence-corrected chi connectivity index (χ3v) is 4.59. The van der Waals surface area contributed by atoms with E-state index in [4.69, 9.17) is 0 Å². The molecule has 1 fully saturated rings. The first-order chi connectivity index (χ1) is 9.19. The fourth-order valence-corrected chi connectivity index (χ4v) is 3.39. The van der Waals surface area contributed by atoms with Gasteiger partial charge in [-0.05, 0) is 31.0 Å². The van der Waals surface area contributed by atoms with E-state index in [1.165, 1.54) is 6.42 Å². The minimum atomic E-state index is 0.0136. The van der Waals surface area contributed by atoms with Crippen LogP contribution in [-0.4, -0.2) is 29.5 Å². The SMILES string of the molecule is CCCNC(=O)c1cccc(NC2CSC(C)C2)c1. The van der Waals surface area contributed by atoms with Crippen molar-refractivity contribution in [2.45, 2.75) is 38.0 Å². The minimum Gasteiger partial charge on any atom is -0.381 e. The van der Waals surface area contributed by atoms with Gasteiger partial charge in [-0.2, -0.15) is 11.8 Å². The zero-order chi connectivity index (χ0) is 13.7. The smallest absolute Gasteiger partial charge is 0.251 e. The highest BCUT2D eigenvalue weighted by Gasteiger charge is 2.21. The van der Waals surface area contributed by atoms with Crippen molar-refractivity contribution in [1.82, 2.24) is 5.32 Å². The van der Waals surface area contributed by atoms with E-state index < -0.39 is 0 Å². The van der Waals surface area contributed by atoms with Crippen molar-refractivity contribution < 1.29 is 4.79 Å². The van der Waals surface area contributed by atoms with Crippen molar-refractivity contribution in [3.05, 3.63) is 29.8 Å². The predicted molar refractivity (Wildman–Crippen MR) is 83.0 cm³/mol. The van der Waals surface area contributed by atoms with Gasteiger partial charge in [-0.15, -0.1) is 0 Å². The zero-order valence-electron chi connectivity index (χ0n) is 11.6. The lowest BCUT2D eigenvalue weighted by Crippen LogP contribution is -2.24. The van der Waals surface area contributed by atoms with Gasteiger partial charge in [0.15, 0.2) is 0 Å². The van der Waals surface area contributed by atoms with E-state index in [1.54, 1.807) is 0 Å². The molecule has 2 atom stereocenters. The van der Waals surface area contributed by atoms with Crippen LogP contribution in [0.1, 0.15) is 37.0 Å². The molecule has 1 heterocycles. The number of carbonyl (C=O) groups is 1. The van der Waals surface area contributed by atoms with Crippen LogP contribution in [0.2, 0.25) is 0 Å². The molecule has 0 aromatic heterocycles. The number of hydrogen-bond acceptors (Lipinski definition) is 3. The second kappa shape index (κ2) is 6.85. The van der Waals surface area contributed by atoms with Crippen molar-refractivity contribution in [2.75, 3.05) is 17.6 Å². The number of nitrogens with one attached hydrogen (secondary N) is 2. The summed E-state index contributed by atoms with van der Waals surface area (Å²) in [5.41, 5.74) is 1.78. The summed E-state index contributed by atoms with van der Waals surface area (Å²) in [5, 5.41) is 7.16. The fraction of sp³-hybridized carbons (Fsp3) is 0.533. The summed E-state index contributed by atoms with van der Waals surface area (Å²) in [6.07, 6.45) is 2.15. The third kappa shape index (κ3) is 4.16. The van der Waals surface area contributed by atoms with Crippen LogP contribution in [0, 0.1) is 0 Å². The molecule has 3 nitrogen and oxygen atoms in total. The second-order valence-electron chi connectivity index (χ2n) is 5.06. The molecule has 0 saturated carbocycles. The maximum atomic E-state index is 11.9. The number of thioether (sulfide) groups is 1. The Morgan fingerprint density at radius 3 is 3.00 bits per heavy atom. The number of carbonyl (C=O) groups excluding carboxylic acids is 1. The first-order valence-corrected chi connectivity index (χ1v) is 8.00. The maximum Gasteiger partial charge on any atom is 0.251 e. The molecule has 1 saturated heterocycles. The van der Waals surface area contributed by atoms with Gasteiger partial charge in [-0.1, -0.05) is 19.9 Å². The fourth-order valence-electron chi connectivity index (χ4n) is 2.24. The van der Waals surface area contributed by atoms with Gasteiger partial charge < -0.3 is 10.6 Å². The van der Waals surface area contributed by atoms with Crippen LogP contribution >= 0.6 is 11.8 Å². The van der Waals surface area contributed by atoms with Crippen molar-refractivity contribution in [3.8, 4) is 0 Å². The van der Waals surface area contributed by atoms with E-state index in [9.17, 15) is 4.79 Å². The Morgan fingerprint density at radius 2 is 2.32 bits per heavy atom. The van der Waals surface area contributed by atoms with Crippen LogP contribution < -0.4 is 10.6 Å². The molecule has 0 aliphatic carbocycles. The Bertz CT molecular complexity index is 436. The van der Waals surface area contributed by atoms with Gasteiger partial charge in [-0.25, -0.2) is 0 Å². The summed E-state index contributed by atoms with van der Waals surface area (Å²) in [6, 6.07) is 8.30. The molecule has 19 heavy (non-hydrogen) atoms. The predicted octanol–water partition coefficient (Wildman–Crippen LogP) is 3.13. The molecule has 2 N–H and O–H groups in total. The number of benzene rings is 1. The third-order valence-electron chi connectivity index (χ3n) is 3.23. The normalized spacial score (nSPS) is 22.2. The number of anilines is 1. The quantitative estimate of drug-likeness (QED) is 0.869. The maximum absolute atomic E-state index is 11.9. The average Bonchev–Trinajstić information content (AvgIpc) is 2.81. The Morgan fingerprint density at radius 1 is 1.47 bits per heavy atom. The van der Waals surface area contributed by atoms with Gasteiger partial charge in [0.05, 0.1) is 0 Å². The minimum absolute atomic E-state index is 0.0136. The molecule has 2 unspecified atom stereocenters. The van der Waals surface area contributed by atoms with Gasteiger partial charge in [0.25, 0.3) is 5.91 Å². The van der Waals surface area contributed by atoms with Crippen LogP contribution in [-0.2, 0) is 0 Å². The molecule has 2 rings (SSSR count). The van der Waals surface area contributed by atoms with Gasteiger partial charge >= 0.3 is 0 Å². The molecular formula is C15H22N2OS. The topological polar surface area (TPSA) is 41.1 Å². The molecule has 0 radical (unpaired) electrons. The molecular weight excluding hydrogens is 256 g/mol. The van der Waals surface area contributed by atoms with E-state index in [1.807, 2.05) is 36.0 Å². The summed E-state index contributed by atoms with van der Waals surface area (Å²) in [4.78, 5) is 11.9. The summed E-state index contributed by atoms with van der Waals surface area (Å²) < 4.78 is 0. The molecule has 104 valence electrons.